The van der Waals surface area contributed by atoms with E-state index in [-0.39, 0.29) is 106 Å². The predicted octanol–water partition coefficient (Wildman–Crippen LogP) is 5.17. The molecule has 3 aromatic rings. The number of amides is 8. The lowest BCUT2D eigenvalue weighted by atomic mass is 9.84. The van der Waals surface area contributed by atoms with Gasteiger partial charge in [0.05, 0.1) is 17.8 Å². The predicted molar refractivity (Wildman–Crippen MR) is 290 cm³/mol. The minimum Gasteiger partial charge on any atom is -0.454 e. The number of alkyl halides is 1. The number of halogens is 3. The number of carbonyl (C=O) groups is 9. The Morgan fingerprint density at radius 3 is 2.26 bits per heavy atom. The molecular weight excluding hydrogens is 1040 g/mol. The number of hydrogen-bond acceptors (Lipinski definition) is 12. The molecule has 0 radical (unpaired) electrons. The molecule has 1 unspecified atom stereocenters. The Balaban J connectivity index is 1.27. The maximum atomic E-state index is 15.3. The molecule has 1 fully saturated rings. The van der Waals surface area contributed by atoms with E-state index in [1.165, 1.54) is 28.9 Å². The van der Waals surface area contributed by atoms with E-state index in [2.05, 4.69) is 16.0 Å². The van der Waals surface area contributed by atoms with Crippen LogP contribution in [0.15, 0.2) is 66.9 Å². The smallest absolute Gasteiger partial charge is 0.329 e. The number of imide groups is 1. The number of nitrogens with zero attached hydrogens (tertiary/aromatic N) is 5. The van der Waals surface area contributed by atoms with Crippen molar-refractivity contribution >= 4 is 53.2 Å². The van der Waals surface area contributed by atoms with Gasteiger partial charge in [0.1, 0.15) is 36.2 Å². The molecule has 8 amide bonds. The highest BCUT2D eigenvalue weighted by atomic mass is 19.1. The first-order chi connectivity index (χ1) is 37.9. The Morgan fingerprint density at radius 2 is 1.61 bits per heavy atom. The van der Waals surface area contributed by atoms with Crippen LogP contribution < -0.4 is 27.4 Å². The summed E-state index contributed by atoms with van der Waals surface area (Å²) in [6, 6.07) is 6.23. The van der Waals surface area contributed by atoms with Crippen LogP contribution in [-0.2, 0) is 49.6 Å². The molecule has 5 rings (SSSR count). The van der Waals surface area contributed by atoms with Crippen molar-refractivity contribution in [2.75, 3.05) is 39.5 Å². The SMILES string of the molecule is CC(C)[C@H](NC(=O)CCCCCN1C(=O)C=CC1=O)C(=O)C[C@@H](CCCNC(N)=O)C(=O)N[C@H](C)C(=O)N1CCCC1C(=O)OCC(=O)N(CC[C@H](N)CF)[C@@H](c1nc(-c2cc(F)ccc2F)cn1Cc1ccccc1)C(C)(C)C. The zero-order valence-electron chi connectivity index (χ0n) is 46.5. The number of primary amides is 1. The number of carbonyl (C=O) groups excluding carboxylic acids is 9. The molecule has 0 spiro atoms. The molecule has 6 atom stereocenters. The Hall–Kier alpha value is -7.43. The molecule has 20 nitrogen and oxygen atoms in total. The summed E-state index contributed by atoms with van der Waals surface area (Å²) in [5.41, 5.74) is 11.3. The van der Waals surface area contributed by atoms with Crippen LogP contribution in [-0.4, -0.2) is 141 Å². The monoisotopic (exact) mass is 1120 g/mol. The molecule has 3 heterocycles. The zero-order valence-corrected chi connectivity index (χ0v) is 46.5. The van der Waals surface area contributed by atoms with Crippen LogP contribution in [0, 0.1) is 28.9 Å². The lowest BCUT2D eigenvalue weighted by Crippen LogP contribution is -2.52. The molecule has 2 aliphatic heterocycles. The number of benzene rings is 2. The van der Waals surface area contributed by atoms with E-state index in [1.807, 2.05) is 51.1 Å². The number of imidazole rings is 1. The van der Waals surface area contributed by atoms with Gasteiger partial charge in [0.2, 0.25) is 17.7 Å². The van der Waals surface area contributed by atoms with Gasteiger partial charge >= 0.3 is 12.0 Å². The van der Waals surface area contributed by atoms with Crippen LogP contribution in [0.2, 0.25) is 0 Å². The topological polar surface area (TPSA) is 279 Å². The Morgan fingerprint density at radius 1 is 0.912 bits per heavy atom. The van der Waals surface area contributed by atoms with Gasteiger partial charge in [-0.15, -0.1) is 0 Å². The van der Waals surface area contributed by atoms with Gasteiger partial charge in [-0.3, -0.25) is 38.5 Å². The summed E-state index contributed by atoms with van der Waals surface area (Å²) in [6.07, 6.45) is 6.01. The second-order valence-corrected chi connectivity index (χ2v) is 21.9. The van der Waals surface area contributed by atoms with E-state index in [4.69, 9.17) is 21.2 Å². The number of hydrogen-bond donors (Lipinski definition) is 5. The fourth-order valence-electron chi connectivity index (χ4n) is 9.89. The third kappa shape index (κ3) is 18.0. The summed E-state index contributed by atoms with van der Waals surface area (Å²) in [6.45, 7) is 9.23. The zero-order chi connectivity index (χ0) is 58.8. The van der Waals surface area contributed by atoms with Crippen molar-refractivity contribution in [2.45, 2.75) is 143 Å². The lowest BCUT2D eigenvalue weighted by molar-refractivity contribution is -0.160. The number of ether oxygens (including phenoxy) is 1. The third-order valence-corrected chi connectivity index (χ3v) is 14.1. The molecule has 436 valence electrons. The second kappa shape index (κ2) is 29.7. The second-order valence-electron chi connectivity index (χ2n) is 21.9. The van der Waals surface area contributed by atoms with E-state index in [9.17, 15) is 51.9 Å². The summed E-state index contributed by atoms with van der Waals surface area (Å²) in [7, 11) is 0. The first-order valence-corrected chi connectivity index (χ1v) is 27.2. The fraction of sp³-hybridized carbons (Fsp3) is 0.544. The molecule has 2 aromatic carbocycles. The van der Waals surface area contributed by atoms with E-state index in [0.717, 1.165) is 28.7 Å². The van der Waals surface area contributed by atoms with Crippen LogP contribution >= 0.6 is 0 Å². The minimum absolute atomic E-state index is 0.00763. The van der Waals surface area contributed by atoms with Gasteiger partial charge in [0.25, 0.3) is 17.7 Å². The third-order valence-electron chi connectivity index (χ3n) is 14.1. The van der Waals surface area contributed by atoms with Crippen molar-refractivity contribution in [3.8, 4) is 11.3 Å². The first-order valence-electron chi connectivity index (χ1n) is 27.2. The Bertz CT molecular complexity index is 2700. The Labute approximate surface area is 464 Å². The molecule has 0 saturated carbocycles. The van der Waals surface area contributed by atoms with Crippen molar-refractivity contribution in [1.29, 1.82) is 0 Å². The Kier molecular flexibility index (Phi) is 23.5. The standard InChI is InChI=1S/C57H77F3N10O10/c1-35(2)50(66-46(72)19-11-8-12-26-69-47(73)22-23-48(69)74)45(71)29-38(17-13-25-63-56(62)79)53(76)64-36(3)54(77)68-27-14-18-44(68)55(78)80-34-49(75)70(28-24-40(61)31-58)51(57(4,5)6)52-65-43(41-30-39(59)20-21-42(41)60)33-67(52)32-37-15-9-7-10-16-37/h7,9-10,15-16,20-23,30,33,35-36,38,40,44,50-51H,8,11-14,17-19,24-29,31-32,34,61H2,1-6H3,(H,64,76)(H,66,72)(H3,62,63,79)/t36-,38-,40+,44?,50+,51+/m1/s1. The maximum absolute atomic E-state index is 15.3. The van der Waals surface area contributed by atoms with Gasteiger partial charge in [-0.2, -0.15) is 0 Å². The number of ketones is 1. The normalized spacial score (nSPS) is 16.3. The molecular formula is C57H77F3N10O10. The molecule has 23 heteroatoms. The number of aromatic nitrogens is 2. The van der Waals surface area contributed by atoms with E-state index in [1.54, 1.807) is 24.6 Å². The average Bonchev–Trinajstić information content (AvgIpc) is 4.15. The minimum atomic E-state index is -1.22. The molecule has 0 aliphatic carbocycles. The summed E-state index contributed by atoms with van der Waals surface area (Å²) in [4.78, 5) is 127. The van der Waals surface area contributed by atoms with Gasteiger partial charge in [-0.1, -0.05) is 71.4 Å². The van der Waals surface area contributed by atoms with Crippen molar-refractivity contribution in [3.63, 3.8) is 0 Å². The van der Waals surface area contributed by atoms with E-state index in [0.29, 0.717) is 25.7 Å². The van der Waals surface area contributed by atoms with Crippen LogP contribution in [0.25, 0.3) is 11.3 Å². The summed E-state index contributed by atoms with van der Waals surface area (Å²) in [5.74, 6) is -7.06. The fourth-order valence-corrected chi connectivity index (χ4v) is 9.89. The summed E-state index contributed by atoms with van der Waals surface area (Å²) < 4.78 is 51.2. The number of esters is 1. The highest BCUT2D eigenvalue weighted by Gasteiger charge is 2.42. The number of Topliss-reactive ketones (excluding diaryl/α,β-unsaturated/α-hetero) is 1. The molecule has 7 N–H and O–H groups in total. The number of nitrogens with one attached hydrogen (secondary N) is 3. The molecule has 1 saturated heterocycles. The highest BCUT2D eigenvalue weighted by molar-refractivity contribution is 6.12. The number of unbranched alkanes of at least 4 members (excludes halogenated alkanes) is 2. The molecule has 1 aromatic heterocycles. The molecule has 0 bridgehead atoms. The first kappa shape index (κ1) is 63.4. The quantitative estimate of drug-likeness (QED) is 0.0329. The van der Waals surface area contributed by atoms with Crippen molar-refractivity contribution in [3.05, 3.63) is 89.9 Å². The van der Waals surface area contributed by atoms with Gasteiger partial charge < -0.3 is 46.5 Å². The van der Waals surface area contributed by atoms with Crippen LogP contribution in [0.5, 0.6) is 0 Å². The number of likely N-dealkylation sites (tertiary alicyclic amines) is 1. The average molecular weight is 1120 g/mol. The number of nitrogens with two attached hydrogens (primary N) is 2. The van der Waals surface area contributed by atoms with Crippen molar-refractivity contribution in [2.24, 2.45) is 28.7 Å². The lowest BCUT2D eigenvalue weighted by Gasteiger charge is -2.40. The van der Waals surface area contributed by atoms with Gasteiger partial charge in [0.15, 0.2) is 12.4 Å². The molecule has 2 aliphatic rings. The van der Waals surface area contributed by atoms with Gasteiger partial charge in [-0.25, -0.2) is 27.7 Å². The van der Waals surface area contributed by atoms with Crippen LogP contribution in [0.1, 0.15) is 123 Å². The molecule has 80 heavy (non-hydrogen) atoms. The van der Waals surface area contributed by atoms with Crippen molar-refractivity contribution in [1.82, 2.24) is 40.2 Å². The van der Waals surface area contributed by atoms with E-state index >= 15 is 4.39 Å². The van der Waals surface area contributed by atoms with Crippen molar-refractivity contribution < 1.29 is 61.1 Å². The van der Waals surface area contributed by atoms with Crippen LogP contribution in [0.3, 0.4) is 0 Å². The van der Waals surface area contributed by atoms with Gasteiger partial charge in [0, 0.05) is 81.4 Å². The maximum Gasteiger partial charge on any atom is 0.329 e. The number of urea groups is 1. The summed E-state index contributed by atoms with van der Waals surface area (Å²) in [5, 5.41) is 7.92. The highest BCUT2D eigenvalue weighted by Crippen LogP contribution is 2.40. The van der Waals surface area contributed by atoms with Crippen LogP contribution in [0.4, 0.5) is 18.0 Å². The van der Waals surface area contributed by atoms with E-state index < -0.39 is 108 Å². The van der Waals surface area contributed by atoms with Gasteiger partial charge in [-0.05, 0) is 87.0 Å². The summed E-state index contributed by atoms with van der Waals surface area (Å²) >= 11 is 0. The number of rotatable bonds is 30. The largest absolute Gasteiger partial charge is 0.454 e.